The second kappa shape index (κ2) is 4.55. The number of rotatable bonds is 4. The van der Waals surface area contributed by atoms with E-state index in [0.717, 1.165) is 11.3 Å². The predicted octanol–water partition coefficient (Wildman–Crippen LogP) is 0.240. The second-order valence-corrected chi connectivity index (χ2v) is 4.09. The Morgan fingerprint density at radius 2 is 2.35 bits per heavy atom. The molecule has 1 aromatic carbocycles. The number of aryl methyl sites for hydroxylation is 1. The number of carboxylic acids is 1. The lowest BCUT2D eigenvalue weighted by atomic mass is 10.2. The SMILES string of the molecule is C[C@@H](O)CCc1nc2ccc(C(=O)[O-])cc2[nH]1. The third-order valence-electron chi connectivity index (χ3n) is 2.57. The van der Waals surface area contributed by atoms with Gasteiger partial charge in [0.15, 0.2) is 0 Å². The molecule has 17 heavy (non-hydrogen) atoms. The van der Waals surface area contributed by atoms with Crippen molar-refractivity contribution in [2.75, 3.05) is 0 Å². The van der Waals surface area contributed by atoms with Crippen molar-refractivity contribution >= 4 is 17.0 Å². The molecule has 0 saturated heterocycles. The number of benzene rings is 1. The van der Waals surface area contributed by atoms with Crippen molar-refractivity contribution in [3.05, 3.63) is 29.6 Å². The van der Waals surface area contributed by atoms with E-state index in [9.17, 15) is 15.0 Å². The first kappa shape index (κ1) is 11.6. The predicted molar refractivity (Wildman–Crippen MR) is 60.4 cm³/mol. The molecule has 0 aliphatic carbocycles. The standard InChI is InChI=1S/C12H14N2O3/c1-7(15)2-5-11-13-9-4-3-8(12(16)17)6-10(9)14-11/h3-4,6-7,15H,2,5H2,1H3,(H,13,14)(H,16,17)/p-1/t7-/m1/s1. The Kier molecular flexibility index (Phi) is 3.10. The maximum absolute atomic E-state index is 10.7. The number of imidazole rings is 1. The molecule has 1 aromatic heterocycles. The summed E-state index contributed by atoms with van der Waals surface area (Å²) in [4.78, 5) is 18.0. The van der Waals surface area contributed by atoms with Gasteiger partial charge in [-0.15, -0.1) is 0 Å². The summed E-state index contributed by atoms with van der Waals surface area (Å²) in [5, 5.41) is 19.9. The van der Waals surface area contributed by atoms with Gasteiger partial charge in [-0.1, -0.05) is 6.07 Å². The number of aromatic amines is 1. The fourth-order valence-electron chi connectivity index (χ4n) is 1.65. The molecule has 2 rings (SSSR count). The van der Waals surface area contributed by atoms with Gasteiger partial charge in [0.2, 0.25) is 0 Å². The van der Waals surface area contributed by atoms with Crippen LogP contribution in [0.5, 0.6) is 0 Å². The number of hydrogen-bond donors (Lipinski definition) is 2. The first-order valence-electron chi connectivity index (χ1n) is 5.44. The fraction of sp³-hybridized carbons (Fsp3) is 0.333. The van der Waals surface area contributed by atoms with Crippen molar-refractivity contribution in [2.45, 2.75) is 25.9 Å². The molecule has 0 amide bonds. The molecule has 90 valence electrons. The van der Waals surface area contributed by atoms with E-state index in [1.165, 1.54) is 12.1 Å². The van der Waals surface area contributed by atoms with Crippen LogP contribution in [0.4, 0.5) is 0 Å². The van der Waals surface area contributed by atoms with Gasteiger partial charge in [-0.2, -0.15) is 0 Å². The van der Waals surface area contributed by atoms with E-state index in [1.54, 1.807) is 13.0 Å². The van der Waals surface area contributed by atoms with Gasteiger partial charge in [-0.3, -0.25) is 0 Å². The van der Waals surface area contributed by atoms with E-state index in [0.29, 0.717) is 18.4 Å². The molecule has 0 saturated carbocycles. The number of nitrogens with zero attached hydrogens (tertiary/aromatic N) is 1. The van der Waals surface area contributed by atoms with Crippen molar-refractivity contribution < 1.29 is 15.0 Å². The van der Waals surface area contributed by atoms with Crippen LogP contribution >= 0.6 is 0 Å². The number of H-pyrrole nitrogens is 1. The molecule has 0 fully saturated rings. The smallest absolute Gasteiger partial charge is 0.107 e. The molecule has 5 heteroatoms. The maximum Gasteiger partial charge on any atom is 0.107 e. The van der Waals surface area contributed by atoms with E-state index < -0.39 is 5.97 Å². The lowest BCUT2D eigenvalue weighted by molar-refractivity contribution is -0.255. The number of carbonyl (C=O) groups excluding carboxylic acids is 1. The highest BCUT2D eigenvalue weighted by Crippen LogP contribution is 2.14. The van der Waals surface area contributed by atoms with E-state index in [1.807, 2.05) is 0 Å². The monoisotopic (exact) mass is 233 g/mol. The fourth-order valence-corrected chi connectivity index (χ4v) is 1.65. The molecule has 0 spiro atoms. The van der Waals surface area contributed by atoms with Gasteiger partial charge in [0.25, 0.3) is 0 Å². The van der Waals surface area contributed by atoms with Crippen molar-refractivity contribution in [3.63, 3.8) is 0 Å². The Hall–Kier alpha value is -1.88. The van der Waals surface area contributed by atoms with Crippen LogP contribution in [0.25, 0.3) is 11.0 Å². The number of aromatic nitrogens is 2. The highest BCUT2D eigenvalue weighted by molar-refractivity contribution is 5.91. The Bertz CT molecular complexity index is 546. The third-order valence-corrected chi connectivity index (χ3v) is 2.57. The van der Waals surface area contributed by atoms with Crippen molar-refractivity contribution in [1.29, 1.82) is 0 Å². The van der Waals surface area contributed by atoms with Gasteiger partial charge in [-0.25, -0.2) is 4.98 Å². The topological polar surface area (TPSA) is 89.0 Å². The Morgan fingerprint density at radius 3 is 3.00 bits per heavy atom. The first-order valence-corrected chi connectivity index (χ1v) is 5.44. The summed E-state index contributed by atoms with van der Waals surface area (Å²) in [6, 6.07) is 4.61. The van der Waals surface area contributed by atoms with Gasteiger partial charge >= 0.3 is 0 Å². The van der Waals surface area contributed by atoms with Crippen LogP contribution in [0, 0.1) is 0 Å². The Morgan fingerprint density at radius 1 is 1.59 bits per heavy atom. The zero-order valence-electron chi connectivity index (χ0n) is 9.43. The molecular formula is C12H13N2O3-. The first-order chi connectivity index (χ1) is 8.06. The van der Waals surface area contributed by atoms with Crippen LogP contribution in [0.1, 0.15) is 29.5 Å². The minimum absolute atomic E-state index is 0.128. The summed E-state index contributed by atoms with van der Waals surface area (Å²) in [6.45, 7) is 1.72. The molecule has 0 aliphatic rings. The molecule has 0 aliphatic heterocycles. The van der Waals surface area contributed by atoms with E-state index >= 15 is 0 Å². The summed E-state index contributed by atoms with van der Waals surface area (Å²) >= 11 is 0. The average Bonchev–Trinajstić information content (AvgIpc) is 2.67. The quantitative estimate of drug-likeness (QED) is 0.791. The number of aromatic carboxylic acids is 1. The number of fused-ring (bicyclic) bond motifs is 1. The number of nitrogens with one attached hydrogen (secondary N) is 1. The molecular weight excluding hydrogens is 220 g/mol. The van der Waals surface area contributed by atoms with E-state index in [2.05, 4.69) is 9.97 Å². The van der Waals surface area contributed by atoms with Crippen LogP contribution in [-0.2, 0) is 6.42 Å². The minimum atomic E-state index is -1.20. The number of carbonyl (C=O) groups is 1. The van der Waals surface area contributed by atoms with Crippen LogP contribution < -0.4 is 5.11 Å². The van der Waals surface area contributed by atoms with Gasteiger partial charge in [0, 0.05) is 6.42 Å². The van der Waals surface area contributed by atoms with Gasteiger partial charge in [0.1, 0.15) is 5.82 Å². The highest BCUT2D eigenvalue weighted by atomic mass is 16.4. The molecule has 1 heterocycles. The van der Waals surface area contributed by atoms with Gasteiger partial charge in [0.05, 0.1) is 23.1 Å². The van der Waals surface area contributed by atoms with Crippen molar-refractivity contribution in [3.8, 4) is 0 Å². The Labute approximate surface area is 98.1 Å². The van der Waals surface area contributed by atoms with Crippen LogP contribution in [0.2, 0.25) is 0 Å². The largest absolute Gasteiger partial charge is 0.545 e. The zero-order chi connectivity index (χ0) is 12.4. The number of hydrogen-bond acceptors (Lipinski definition) is 4. The summed E-state index contributed by atoms with van der Waals surface area (Å²) in [5.74, 6) is -0.455. The van der Waals surface area contributed by atoms with E-state index in [-0.39, 0.29) is 11.7 Å². The minimum Gasteiger partial charge on any atom is -0.545 e. The molecule has 0 unspecified atom stereocenters. The molecule has 0 bridgehead atoms. The Balaban J connectivity index is 2.27. The average molecular weight is 233 g/mol. The molecule has 2 N–H and O–H groups in total. The lowest BCUT2D eigenvalue weighted by Crippen LogP contribution is -2.21. The van der Waals surface area contributed by atoms with Crippen LogP contribution in [0.15, 0.2) is 18.2 Å². The lowest BCUT2D eigenvalue weighted by Gasteiger charge is -2.00. The normalized spacial score (nSPS) is 12.8. The summed E-state index contributed by atoms with van der Waals surface area (Å²) < 4.78 is 0. The van der Waals surface area contributed by atoms with Crippen LogP contribution in [-0.4, -0.2) is 27.1 Å². The number of carboxylic acid groups (broad SMARTS) is 1. The number of aliphatic hydroxyl groups excluding tert-OH is 1. The summed E-state index contributed by atoms with van der Waals surface area (Å²) in [7, 11) is 0. The molecule has 1 atom stereocenters. The second-order valence-electron chi connectivity index (χ2n) is 4.09. The molecule has 5 nitrogen and oxygen atoms in total. The summed E-state index contributed by atoms with van der Waals surface area (Å²) in [5.41, 5.74) is 1.52. The van der Waals surface area contributed by atoms with Crippen molar-refractivity contribution in [2.24, 2.45) is 0 Å². The summed E-state index contributed by atoms with van der Waals surface area (Å²) in [6.07, 6.45) is 0.877. The van der Waals surface area contributed by atoms with Gasteiger partial charge < -0.3 is 20.0 Å². The third kappa shape index (κ3) is 2.62. The molecule has 2 aromatic rings. The highest BCUT2D eigenvalue weighted by Gasteiger charge is 2.05. The molecule has 0 radical (unpaired) electrons. The van der Waals surface area contributed by atoms with Gasteiger partial charge in [-0.05, 0) is 31.0 Å². The van der Waals surface area contributed by atoms with E-state index in [4.69, 9.17) is 0 Å². The number of aliphatic hydroxyl groups is 1. The van der Waals surface area contributed by atoms with Crippen molar-refractivity contribution in [1.82, 2.24) is 9.97 Å². The van der Waals surface area contributed by atoms with Crippen LogP contribution in [0.3, 0.4) is 0 Å². The zero-order valence-corrected chi connectivity index (χ0v) is 9.43. The maximum atomic E-state index is 10.7.